The van der Waals surface area contributed by atoms with E-state index in [-0.39, 0.29) is 5.91 Å². The number of benzene rings is 2. The van der Waals surface area contributed by atoms with Crippen LogP contribution >= 0.6 is 0 Å². The zero-order valence-corrected chi connectivity index (χ0v) is 12.4. The molecule has 2 aromatic carbocycles. The van der Waals surface area contributed by atoms with Crippen molar-refractivity contribution in [2.24, 2.45) is 4.99 Å². The average molecular weight is 293 g/mol. The fraction of sp³-hybridized carbons (Fsp3) is 0.222. The van der Waals surface area contributed by atoms with Crippen LogP contribution in [0.4, 0.5) is 0 Å². The zero-order valence-electron chi connectivity index (χ0n) is 12.4. The van der Waals surface area contributed by atoms with Crippen molar-refractivity contribution in [1.29, 1.82) is 0 Å². The van der Waals surface area contributed by atoms with Gasteiger partial charge in [-0.2, -0.15) is 0 Å². The van der Waals surface area contributed by atoms with Crippen molar-refractivity contribution >= 4 is 11.7 Å². The summed E-state index contributed by atoms with van der Waals surface area (Å²) in [7, 11) is 0. The minimum absolute atomic E-state index is 0.0368. The molecule has 0 atom stereocenters. The molecule has 1 aliphatic rings. The second-order valence-electron chi connectivity index (χ2n) is 5.29. The molecule has 1 aliphatic heterocycles. The van der Waals surface area contributed by atoms with E-state index in [0.29, 0.717) is 25.5 Å². The molecule has 22 heavy (non-hydrogen) atoms. The van der Waals surface area contributed by atoms with Crippen molar-refractivity contribution in [3.63, 3.8) is 0 Å². The highest BCUT2D eigenvalue weighted by molar-refractivity contribution is 6.38. The summed E-state index contributed by atoms with van der Waals surface area (Å²) in [5.74, 6) is 0.442. The number of carbonyl (C=O) groups excluding carboxylic acids is 1. The van der Waals surface area contributed by atoms with Crippen molar-refractivity contribution in [2.75, 3.05) is 13.1 Å². The second-order valence-corrected chi connectivity index (χ2v) is 5.29. The Morgan fingerprint density at radius 3 is 1.95 bits per heavy atom. The molecular weight excluding hydrogens is 274 g/mol. The standard InChI is InChI=1S/C18H19N3O/c22-18(17-19-11-12-20-17)21(13-15-7-3-1-4-8-15)14-16-9-5-2-6-10-16/h1-10H,11-14H2,(H,19,20). The predicted molar refractivity (Wildman–Crippen MR) is 87.4 cm³/mol. The monoisotopic (exact) mass is 293 g/mol. The molecule has 2 aromatic rings. The van der Waals surface area contributed by atoms with Gasteiger partial charge in [-0.25, -0.2) is 0 Å². The molecule has 1 N–H and O–H groups in total. The zero-order chi connectivity index (χ0) is 15.2. The fourth-order valence-electron chi connectivity index (χ4n) is 2.50. The van der Waals surface area contributed by atoms with Gasteiger partial charge in [-0.3, -0.25) is 9.79 Å². The van der Waals surface area contributed by atoms with Gasteiger partial charge in [0.1, 0.15) is 0 Å². The van der Waals surface area contributed by atoms with Crippen LogP contribution in [0, 0.1) is 0 Å². The van der Waals surface area contributed by atoms with E-state index in [4.69, 9.17) is 0 Å². The SMILES string of the molecule is O=C(C1=NCCN1)N(Cc1ccccc1)Cc1ccccc1. The van der Waals surface area contributed by atoms with Crippen molar-refractivity contribution < 1.29 is 4.79 Å². The van der Waals surface area contributed by atoms with Gasteiger partial charge in [-0.1, -0.05) is 60.7 Å². The quantitative estimate of drug-likeness (QED) is 0.918. The van der Waals surface area contributed by atoms with Gasteiger partial charge in [0.05, 0.1) is 6.54 Å². The Kier molecular flexibility index (Phi) is 4.49. The van der Waals surface area contributed by atoms with Crippen LogP contribution in [0.2, 0.25) is 0 Å². The molecule has 112 valence electrons. The van der Waals surface area contributed by atoms with Crippen LogP contribution < -0.4 is 5.32 Å². The van der Waals surface area contributed by atoms with Gasteiger partial charge < -0.3 is 10.2 Å². The van der Waals surface area contributed by atoms with Gasteiger partial charge in [-0.05, 0) is 11.1 Å². The third-order valence-electron chi connectivity index (χ3n) is 3.60. The first-order chi connectivity index (χ1) is 10.8. The summed E-state index contributed by atoms with van der Waals surface area (Å²) >= 11 is 0. The first-order valence-electron chi connectivity index (χ1n) is 7.48. The van der Waals surface area contributed by atoms with Crippen molar-refractivity contribution in [2.45, 2.75) is 13.1 Å². The van der Waals surface area contributed by atoms with Gasteiger partial charge in [0.15, 0.2) is 5.84 Å². The van der Waals surface area contributed by atoms with Crippen LogP contribution in [0.1, 0.15) is 11.1 Å². The van der Waals surface area contributed by atoms with Crippen LogP contribution in [0.5, 0.6) is 0 Å². The van der Waals surface area contributed by atoms with E-state index in [1.54, 1.807) is 0 Å². The first-order valence-corrected chi connectivity index (χ1v) is 7.48. The number of hydrogen-bond acceptors (Lipinski definition) is 3. The highest BCUT2D eigenvalue weighted by atomic mass is 16.2. The van der Waals surface area contributed by atoms with Crippen LogP contribution in [-0.2, 0) is 17.9 Å². The lowest BCUT2D eigenvalue weighted by molar-refractivity contribution is -0.125. The van der Waals surface area contributed by atoms with Gasteiger partial charge in [0.25, 0.3) is 5.91 Å². The molecule has 0 saturated heterocycles. The molecule has 4 heteroatoms. The lowest BCUT2D eigenvalue weighted by Gasteiger charge is -2.23. The lowest BCUT2D eigenvalue weighted by atomic mass is 10.1. The van der Waals surface area contributed by atoms with Gasteiger partial charge in [-0.15, -0.1) is 0 Å². The number of amides is 1. The minimum atomic E-state index is -0.0368. The molecular formula is C18H19N3O. The number of aliphatic imine (C=N–C) groups is 1. The number of carbonyl (C=O) groups is 1. The van der Waals surface area contributed by atoms with Crippen LogP contribution in [0.25, 0.3) is 0 Å². The summed E-state index contributed by atoms with van der Waals surface area (Å²) in [4.78, 5) is 18.8. The Morgan fingerprint density at radius 1 is 0.955 bits per heavy atom. The maximum absolute atomic E-state index is 12.7. The molecule has 0 unspecified atom stereocenters. The maximum Gasteiger partial charge on any atom is 0.289 e. The summed E-state index contributed by atoms with van der Waals surface area (Å²) in [6.45, 7) is 2.57. The van der Waals surface area contributed by atoms with E-state index in [0.717, 1.165) is 17.7 Å². The van der Waals surface area contributed by atoms with Crippen molar-refractivity contribution in [3.8, 4) is 0 Å². The van der Waals surface area contributed by atoms with Crippen molar-refractivity contribution in [1.82, 2.24) is 10.2 Å². The first kappa shape index (κ1) is 14.3. The number of hydrogen-bond donors (Lipinski definition) is 1. The summed E-state index contributed by atoms with van der Waals surface area (Å²) in [6, 6.07) is 20.1. The van der Waals surface area contributed by atoms with Gasteiger partial charge >= 0.3 is 0 Å². The van der Waals surface area contributed by atoms with Crippen molar-refractivity contribution in [3.05, 3.63) is 71.8 Å². The predicted octanol–water partition coefficient (Wildman–Crippen LogP) is 2.22. The van der Waals surface area contributed by atoms with E-state index in [2.05, 4.69) is 10.3 Å². The van der Waals surface area contributed by atoms with E-state index in [1.807, 2.05) is 65.6 Å². The molecule has 0 bridgehead atoms. The van der Waals surface area contributed by atoms with E-state index >= 15 is 0 Å². The topological polar surface area (TPSA) is 44.7 Å². The molecule has 0 spiro atoms. The van der Waals surface area contributed by atoms with Crippen LogP contribution in [0.3, 0.4) is 0 Å². The van der Waals surface area contributed by atoms with Crippen LogP contribution in [-0.4, -0.2) is 29.7 Å². The van der Waals surface area contributed by atoms with E-state index in [9.17, 15) is 4.79 Å². The van der Waals surface area contributed by atoms with Gasteiger partial charge in [0.2, 0.25) is 0 Å². The summed E-state index contributed by atoms with van der Waals surface area (Å²) in [5.41, 5.74) is 2.23. The third kappa shape index (κ3) is 3.52. The number of nitrogens with zero attached hydrogens (tertiary/aromatic N) is 2. The van der Waals surface area contributed by atoms with Gasteiger partial charge in [0, 0.05) is 19.6 Å². The minimum Gasteiger partial charge on any atom is -0.364 e. The fourth-order valence-corrected chi connectivity index (χ4v) is 2.50. The smallest absolute Gasteiger partial charge is 0.289 e. The highest BCUT2D eigenvalue weighted by Crippen LogP contribution is 2.11. The Hall–Kier alpha value is -2.62. The molecule has 0 aromatic heterocycles. The summed E-state index contributed by atoms with van der Waals surface area (Å²) in [5, 5.41) is 3.07. The maximum atomic E-state index is 12.7. The Labute approximate surface area is 130 Å². The molecule has 4 nitrogen and oxygen atoms in total. The lowest BCUT2D eigenvalue weighted by Crippen LogP contribution is -2.40. The van der Waals surface area contributed by atoms with E-state index < -0.39 is 0 Å². The van der Waals surface area contributed by atoms with Crippen LogP contribution in [0.15, 0.2) is 65.7 Å². The number of amidine groups is 1. The largest absolute Gasteiger partial charge is 0.364 e. The Balaban J connectivity index is 1.79. The number of nitrogens with one attached hydrogen (secondary N) is 1. The molecule has 0 fully saturated rings. The molecule has 1 amide bonds. The molecule has 1 heterocycles. The Morgan fingerprint density at radius 2 is 1.50 bits per heavy atom. The summed E-state index contributed by atoms with van der Waals surface area (Å²) < 4.78 is 0. The molecule has 0 radical (unpaired) electrons. The normalized spacial score (nSPS) is 13.4. The van der Waals surface area contributed by atoms with E-state index in [1.165, 1.54) is 0 Å². The Bertz CT molecular complexity index is 611. The molecule has 0 aliphatic carbocycles. The molecule has 0 saturated carbocycles. The average Bonchev–Trinajstić information content (AvgIpc) is 3.10. The summed E-state index contributed by atoms with van der Waals surface area (Å²) in [6.07, 6.45) is 0. The highest BCUT2D eigenvalue weighted by Gasteiger charge is 2.22. The second kappa shape index (κ2) is 6.89. The third-order valence-corrected chi connectivity index (χ3v) is 3.60. The molecule has 3 rings (SSSR count). The number of rotatable bonds is 5.